The molecule has 112 valence electrons. The maximum Gasteiger partial charge on any atom is 0.0514 e. The quantitative estimate of drug-likeness (QED) is 0.853. The molecule has 0 radical (unpaired) electrons. The second-order valence-electron chi connectivity index (χ2n) is 6.16. The molecule has 0 amide bonds. The highest BCUT2D eigenvalue weighted by Crippen LogP contribution is 2.35. The lowest BCUT2D eigenvalue weighted by molar-refractivity contribution is 0.166. The molecule has 0 saturated carbocycles. The minimum Gasteiger partial charge on any atom is -0.326 e. The number of hydrogen-bond donors (Lipinski definition) is 1. The van der Waals surface area contributed by atoms with E-state index in [2.05, 4.69) is 46.8 Å². The minimum atomic E-state index is 0.162. The molecule has 2 nitrogen and oxygen atoms in total. The predicted octanol–water partition coefficient (Wildman–Crippen LogP) is 4.61. The molecule has 20 heavy (non-hydrogen) atoms. The van der Waals surface area contributed by atoms with Crippen molar-refractivity contribution in [3.05, 3.63) is 33.3 Å². The molecule has 0 spiro atoms. The van der Waals surface area contributed by atoms with Gasteiger partial charge in [0, 0.05) is 22.1 Å². The van der Waals surface area contributed by atoms with Crippen LogP contribution in [0.4, 0.5) is 0 Å². The molecule has 0 aliphatic carbocycles. The number of likely N-dealkylation sites (tertiary alicyclic amines) is 1. The summed E-state index contributed by atoms with van der Waals surface area (Å²) in [6.07, 6.45) is 3.51. The first kappa shape index (κ1) is 16.3. The molecule has 1 heterocycles. The standard InChI is InChI=1S/C16H24BrClN2/c1-11(2)10-20-8-4-3-5-15(19)16(20)13-7-6-12(17)9-14(13)18/h6-7,9,11,15-16H,3-5,8,10,19H2,1-2H3. The fourth-order valence-electron chi connectivity index (χ4n) is 3.11. The van der Waals surface area contributed by atoms with Crippen molar-refractivity contribution in [1.29, 1.82) is 0 Å². The maximum absolute atomic E-state index is 6.47. The van der Waals surface area contributed by atoms with Gasteiger partial charge in [-0.25, -0.2) is 0 Å². The van der Waals surface area contributed by atoms with Crippen LogP contribution in [0.1, 0.15) is 44.7 Å². The van der Waals surface area contributed by atoms with E-state index in [4.69, 9.17) is 17.3 Å². The Morgan fingerprint density at radius 3 is 2.80 bits per heavy atom. The summed E-state index contributed by atoms with van der Waals surface area (Å²) in [5, 5.41) is 0.815. The van der Waals surface area contributed by atoms with E-state index in [9.17, 15) is 0 Å². The first-order chi connectivity index (χ1) is 9.49. The van der Waals surface area contributed by atoms with Crippen molar-refractivity contribution >= 4 is 27.5 Å². The molecule has 1 aromatic rings. The van der Waals surface area contributed by atoms with Gasteiger partial charge in [0.1, 0.15) is 0 Å². The van der Waals surface area contributed by atoms with Crippen LogP contribution >= 0.6 is 27.5 Å². The van der Waals surface area contributed by atoms with Gasteiger partial charge in [-0.15, -0.1) is 0 Å². The van der Waals surface area contributed by atoms with Crippen LogP contribution in [0.25, 0.3) is 0 Å². The summed E-state index contributed by atoms with van der Waals surface area (Å²) in [6, 6.07) is 6.56. The topological polar surface area (TPSA) is 29.3 Å². The molecule has 2 N–H and O–H groups in total. The van der Waals surface area contributed by atoms with Crippen LogP contribution in [0, 0.1) is 5.92 Å². The molecule has 0 bridgehead atoms. The highest BCUT2D eigenvalue weighted by molar-refractivity contribution is 9.10. The first-order valence-corrected chi connectivity index (χ1v) is 8.60. The fourth-order valence-corrected chi connectivity index (χ4v) is 3.89. The van der Waals surface area contributed by atoms with Crippen molar-refractivity contribution in [2.75, 3.05) is 13.1 Å². The molecular weight excluding hydrogens is 336 g/mol. The summed E-state index contributed by atoms with van der Waals surface area (Å²) in [5.41, 5.74) is 7.64. The molecule has 2 atom stereocenters. The second kappa shape index (κ2) is 7.26. The van der Waals surface area contributed by atoms with Crippen LogP contribution < -0.4 is 5.73 Å². The lowest BCUT2D eigenvalue weighted by atomic mass is 9.95. The lowest BCUT2D eigenvalue weighted by Crippen LogP contribution is -2.41. The van der Waals surface area contributed by atoms with Gasteiger partial charge in [-0.05, 0) is 43.0 Å². The predicted molar refractivity (Wildman–Crippen MR) is 90.1 cm³/mol. The van der Waals surface area contributed by atoms with E-state index in [-0.39, 0.29) is 12.1 Å². The Bertz CT molecular complexity index is 450. The van der Waals surface area contributed by atoms with E-state index >= 15 is 0 Å². The summed E-state index contributed by atoms with van der Waals surface area (Å²) in [7, 11) is 0. The SMILES string of the molecule is CC(C)CN1CCCCC(N)C1c1ccc(Br)cc1Cl. The average molecular weight is 360 g/mol. The minimum absolute atomic E-state index is 0.162. The Balaban J connectivity index is 2.34. The fraction of sp³-hybridized carbons (Fsp3) is 0.625. The van der Waals surface area contributed by atoms with Crippen LogP contribution in [0.15, 0.2) is 22.7 Å². The van der Waals surface area contributed by atoms with Crippen molar-refractivity contribution in [3.8, 4) is 0 Å². The molecule has 0 aromatic heterocycles. The molecule has 4 heteroatoms. The molecule has 2 unspecified atom stereocenters. The summed E-state index contributed by atoms with van der Waals surface area (Å²) < 4.78 is 1.02. The van der Waals surface area contributed by atoms with Crippen molar-refractivity contribution in [3.63, 3.8) is 0 Å². The van der Waals surface area contributed by atoms with Gasteiger partial charge in [-0.2, -0.15) is 0 Å². The highest BCUT2D eigenvalue weighted by Gasteiger charge is 2.30. The number of hydrogen-bond acceptors (Lipinski definition) is 2. The van der Waals surface area contributed by atoms with Gasteiger partial charge in [-0.1, -0.05) is 53.9 Å². The maximum atomic E-state index is 6.47. The van der Waals surface area contributed by atoms with Crippen molar-refractivity contribution in [2.24, 2.45) is 11.7 Å². The third kappa shape index (κ3) is 3.97. The number of benzene rings is 1. The number of nitrogens with two attached hydrogens (primary N) is 1. The molecule has 1 aromatic carbocycles. The smallest absolute Gasteiger partial charge is 0.0514 e. The third-order valence-corrected chi connectivity index (χ3v) is 4.73. The van der Waals surface area contributed by atoms with Crippen LogP contribution in [-0.4, -0.2) is 24.0 Å². The van der Waals surface area contributed by atoms with Gasteiger partial charge in [0.2, 0.25) is 0 Å². The Labute approximate surface area is 135 Å². The van der Waals surface area contributed by atoms with E-state index in [1.165, 1.54) is 18.4 Å². The average Bonchev–Trinajstić information content (AvgIpc) is 2.52. The van der Waals surface area contributed by atoms with Crippen LogP contribution in [0.3, 0.4) is 0 Å². The monoisotopic (exact) mass is 358 g/mol. The van der Waals surface area contributed by atoms with Gasteiger partial charge >= 0.3 is 0 Å². The van der Waals surface area contributed by atoms with Gasteiger partial charge in [0.05, 0.1) is 6.04 Å². The highest BCUT2D eigenvalue weighted by atomic mass is 79.9. The van der Waals surface area contributed by atoms with Crippen molar-refractivity contribution in [2.45, 2.75) is 45.2 Å². The molecule has 2 rings (SSSR count). The van der Waals surface area contributed by atoms with E-state index in [0.717, 1.165) is 29.0 Å². The summed E-state index contributed by atoms with van der Waals surface area (Å²) in [6.45, 7) is 6.71. The van der Waals surface area contributed by atoms with Gasteiger partial charge < -0.3 is 5.73 Å². The van der Waals surface area contributed by atoms with Crippen LogP contribution in [0.5, 0.6) is 0 Å². The van der Waals surface area contributed by atoms with Gasteiger partial charge in [-0.3, -0.25) is 4.90 Å². The molecule has 1 aliphatic heterocycles. The zero-order valence-corrected chi connectivity index (χ0v) is 14.6. The summed E-state index contributed by atoms with van der Waals surface area (Å²) in [5.74, 6) is 0.636. The molecule has 1 saturated heterocycles. The molecule has 1 fully saturated rings. The zero-order valence-electron chi connectivity index (χ0n) is 12.3. The molecular formula is C16H24BrClN2. The lowest BCUT2D eigenvalue weighted by Gasteiger charge is -2.35. The Hall–Kier alpha value is -0.0900. The van der Waals surface area contributed by atoms with E-state index in [1.807, 2.05) is 6.07 Å². The summed E-state index contributed by atoms with van der Waals surface area (Å²) in [4.78, 5) is 2.53. The van der Waals surface area contributed by atoms with Gasteiger partial charge in [0.25, 0.3) is 0 Å². The van der Waals surface area contributed by atoms with Crippen LogP contribution in [-0.2, 0) is 0 Å². The van der Waals surface area contributed by atoms with Gasteiger partial charge in [0.15, 0.2) is 0 Å². The number of halogens is 2. The van der Waals surface area contributed by atoms with Crippen molar-refractivity contribution < 1.29 is 0 Å². The van der Waals surface area contributed by atoms with E-state index in [1.54, 1.807) is 0 Å². The zero-order chi connectivity index (χ0) is 14.7. The van der Waals surface area contributed by atoms with E-state index in [0.29, 0.717) is 5.92 Å². The number of nitrogens with zero attached hydrogens (tertiary/aromatic N) is 1. The third-order valence-electron chi connectivity index (χ3n) is 3.91. The molecule has 1 aliphatic rings. The van der Waals surface area contributed by atoms with Crippen molar-refractivity contribution in [1.82, 2.24) is 4.90 Å². The first-order valence-electron chi connectivity index (χ1n) is 7.43. The van der Waals surface area contributed by atoms with E-state index < -0.39 is 0 Å². The van der Waals surface area contributed by atoms with Crippen LogP contribution in [0.2, 0.25) is 5.02 Å². The Kier molecular flexibility index (Phi) is 5.91. The second-order valence-corrected chi connectivity index (χ2v) is 7.48. The summed E-state index contributed by atoms with van der Waals surface area (Å²) >= 11 is 9.95. The Morgan fingerprint density at radius 2 is 2.15 bits per heavy atom. The largest absolute Gasteiger partial charge is 0.326 e. The number of rotatable bonds is 3. The Morgan fingerprint density at radius 1 is 1.40 bits per heavy atom. The normalized spacial score (nSPS) is 24.9.